The molecule has 0 aromatic heterocycles. The first-order valence-electron chi connectivity index (χ1n) is 9.49. The molecule has 2 fully saturated rings. The third-order valence-electron chi connectivity index (χ3n) is 5.54. The Morgan fingerprint density at radius 1 is 1.14 bits per heavy atom. The number of carbonyl (C=O) groups excluding carboxylic acids is 3. The molecule has 0 bridgehead atoms. The van der Waals surface area contributed by atoms with Gasteiger partial charge >= 0.3 is 6.03 Å². The van der Waals surface area contributed by atoms with Gasteiger partial charge in [-0.15, -0.1) is 0 Å². The van der Waals surface area contributed by atoms with E-state index in [2.05, 4.69) is 5.32 Å². The van der Waals surface area contributed by atoms with Gasteiger partial charge in [0.25, 0.3) is 5.91 Å². The van der Waals surface area contributed by atoms with Crippen LogP contribution in [0.1, 0.15) is 37.7 Å². The highest BCUT2D eigenvalue weighted by Gasteiger charge is 2.51. The molecule has 1 saturated heterocycles. The first kappa shape index (κ1) is 20.0. The van der Waals surface area contributed by atoms with Gasteiger partial charge in [0.15, 0.2) is 11.5 Å². The lowest BCUT2D eigenvalue weighted by atomic mass is 9.82. The van der Waals surface area contributed by atoms with Crippen molar-refractivity contribution >= 4 is 17.8 Å². The highest BCUT2D eigenvalue weighted by molar-refractivity contribution is 6.09. The summed E-state index contributed by atoms with van der Waals surface area (Å²) in [5.41, 5.74) is 0.0480. The van der Waals surface area contributed by atoms with Gasteiger partial charge in [-0.3, -0.25) is 14.5 Å². The summed E-state index contributed by atoms with van der Waals surface area (Å²) in [6.45, 7) is 0.0736. The molecule has 1 N–H and O–H groups in total. The Hall–Kier alpha value is -2.77. The summed E-state index contributed by atoms with van der Waals surface area (Å²) in [7, 11) is 4.76. The van der Waals surface area contributed by atoms with E-state index in [1.165, 1.54) is 4.90 Å². The van der Waals surface area contributed by atoms with Crippen LogP contribution in [0.5, 0.6) is 11.5 Å². The van der Waals surface area contributed by atoms with Crippen molar-refractivity contribution in [3.63, 3.8) is 0 Å². The molecule has 1 spiro atoms. The molecule has 3 rings (SSSR count). The average Bonchev–Trinajstić information content (AvgIpc) is 2.92. The number of methoxy groups -OCH3 is 2. The smallest absolute Gasteiger partial charge is 0.325 e. The van der Waals surface area contributed by atoms with Gasteiger partial charge in [-0.05, 0) is 30.5 Å². The second-order valence-corrected chi connectivity index (χ2v) is 7.40. The maximum absolute atomic E-state index is 12.8. The summed E-state index contributed by atoms with van der Waals surface area (Å²) in [6.07, 6.45) is 4.17. The molecule has 1 saturated carbocycles. The van der Waals surface area contributed by atoms with Gasteiger partial charge in [-0.2, -0.15) is 0 Å². The van der Waals surface area contributed by atoms with Gasteiger partial charge in [0.2, 0.25) is 5.91 Å². The van der Waals surface area contributed by atoms with Crippen molar-refractivity contribution < 1.29 is 23.9 Å². The monoisotopic (exact) mass is 389 g/mol. The van der Waals surface area contributed by atoms with Crippen LogP contribution >= 0.6 is 0 Å². The summed E-state index contributed by atoms with van der Waals surface area (Å²) < 4.78 is 10.5. The minimum Gasteiger partial charge on any atom is -0.493 e. The Morgan fingerprint density at radius 3 is 2.46 bits per heavy atom. The van der Waals surface area contributed by atoms with Gasteiger partial charge in [0, 0.05) is 13.6 Å². The third-order valence-corrected chi connectivity index (χ3v) is 5.54. The van der Waals surface area contributed by atoms with E-state index in [-0.39, 0.29) is 18.4 Å². The van der Waals surface area contributed by atoms with E-state index in [0.29, 0.717) is 30.9 Å². The first-order valence-corrected chi connectivity index (χ1v) is 9.49. The lowest BCUT2D eigenvalue weighted by Gasteiger charge is -2.30. The van der Waals surface area contributed by atoms with E-state index in [4.69, 9.17) is 9.47 Å². The maximum atomic E-state index is 12.8. The van der Waals surface area contributed by atoms with E-state index < -0.39 is 11.6 Å². The Balaban J connectivity index is 1.64. The average molecular weight is 389 g/mol. The molecule has 1 aliphatic heterocycles. The lowest BCUT2D eigenvalue weighted by Crippen LogP contribution is -2.49. The van der Waals surface area contributed by atoms with Crippen molar-refractivity contribution in [2.75, 3.05) is 27.8 Å². The normalized spacial score (nSPS) is 18.2. The van der Waals surface area contributed by atoms with Crippen molar-refractivity contribution in [1.29, 1.82) is 0 Å². The lowest BCUT2D eigenvalue weighted by molar-refractivity contribution is -0.139. The van der Waals surface area contributed by atoms with Gasteiger partial charge in [-0.25, -0.2) is 4.79 Å². The number of nitrogens with one attached hydrogen (secondary N) is 1. The third kappa shape index (κ3) is 3.76. The summed E-state index contributed by atoms with van der Waals surface area (Å²) in [6, 6.07) is 4.94. The van der Waals surface area contributed by atoms with E-state index in [1.807, 2.05) is 6.07 Å². The molecule has 152 valence electrons. The van der Waals surface area contributed by atoms with Crippen LogP contribution in [0.25, 0.3) is 0 Å². The number of urea groups is 1. The van der Waals surface area contributed by atoms with E-state index in [9.17, 15) is 14.4 Å². The number of hydrogen-bond acceptors (Lipinski definition) is 5. The Kier molecular flexibility index (Phi) is 5.76. The van der Waals surface area contributed by atoms with Crippen molar-refractivity contribution in [3.8, 4) is 11.5 Å². The molecule has 28 heavy (non-hydrogen) atoms. The number of rotatable bonds is 6. The second-order valence-electron chi connectivity index (χ2n) is 7.40. The standard InChI is InChI=1S/C20H27N3O5/c1-22(12-14-7-8-15(27-2)16(11-14)28-3)17(24)13-23-18(25)20(21-19(23)26)9-5-4-6-10-20/h7-8,11H,4-6,9-10,12-13H2,1-3H3,(H,21,26). The number of nitrogens with zero attached hydrogens (tertiary/aromatic N) is 2. The Bertz CT molecular complexity index is 773. The van der Waals surface area contributed by atoms with Crippen LogP contribution in [0.2, 0.25) is 0 Å². The molecule has 2 aliphatic rings. The van der Waals surface area contributed by atoms with Crippen LogP contribution < -0.4 is 14.8 Å². The predicted octanol–water partition coefficient (Wildman–Crippen LogP) is 1.92. The molecule has 0 radical (unpaired) electrons. The zero-order valence-corrected chi connectivity index (χ0v) is 16.6. The van der Waals surface area contributed by atoms with E-state index in [0.717, 1.165) is 29.7 Å². The summed E-state index contributed by atoms with van der Waals surface area (Å²) in [4.78, 5) is 40.3. The fourth-order valence-corrected chi connectivity index (χ4v) is 3.91. The van der Waals surface area contributed by atoms with Crippen LogP contribution in [0, 0.1) is 0 Å². The van der Waals surface area contributed by atoms with Crippen LogP contribution in [-0.4, -0.2) is 61.0 Å². The topological polar surface area (TPSA) is 88.2 Å². The van der Waals surface area contributed by atoms with E-state index in [1.54, 1.807) is 33.4 Å². The molecule has 1 aromatic carbocycles. The number of amides is 4. The molecule has 0 unspecified atom stereocenters. The zero-order valence-electron chi connectivity index (χ0n) is 16.6. The second kappa shape index (κ2) is 8.08. The number of benzene rings is 1. The highest BCUT2D eigenvalue weighted by atomic mass is 16.5. The fraction of sp³-hybridized carbons (Fsp3) is 0.550. The predicted molar refractivity (Wildman–Crippen MR) is 102 cm³/mol. The highest BCUT2D eigenvalue weighted by Crippen LogP contribution is 2.33. The zero-order chi connectivity index (χ0) is 20.3. The molecule has 1 aliphatic carbocycles. The summed E-state index contributed by atoms with van der Waals surface area (Å²) in [5.74, 6) is 0.614. The molecule has 8 nitrogen and oxygen atoms in total. The minimum atomic E-state index is -0.808. The maximum Gasteiger partial charge on any atom is 0.325 e. The Labute approximate surface area is 164 Å². The molecular weight excluding hydrogens is 362 g/mol. The number of imide groups is 1. The minimum absolute atomic E-state index is 0.254. The van der Waals surface area contributed by atoms with Gasteiger partial charge in [-0.1, -0.05) is 25.3 Å². The first-order chi connectivity index (χ1) is 13.4. The molecule has 1 heterocycles. The van der Waals surface area contributed by atoms with Crippen molar-refractivity contribution in [1.82, 2.24) is 15.1 Å². The quantitative estimate of drug-likeness (QED) is 0.751. The van der Waals surface area contributed by atoms with Crippen molar-refractivity contribution in [2.24, 2.45) is 0 Å². The number of carbonyl (C=O) groups is 3. The van der Waals surface area contributed by atoms with Gasteiger partial charge in [0.05, 0.1) is 14.2 Å². The molecule has 1 aromatic rings. The molecule has 0 atom stereocenters. The number of ether oxygens (including phenoxy) is 2. The van der Waals surface area contributed by atoms with E-state index >= 15 is 0 Å². The SMILES string of the molecule is COc1ccc(CN(C)C(=O)CN2C(=O)NC3(CCCCC3)C2=O)cc1OC. The van der Waals surface area contributed by atoms with Crippen LogP contribution in [0.4, 0.5) is 4.79 Å². The van der Waals surface area contributed by atoms with Crippen molar-refractivity contribution in [3.05, 3.63) is 23.8 Å². The Morgan fingerprint density at radius 2 is 1.82 bits per heavy atom. The molecule has 8 heteroatoms. The van der Waals surface area contributed by atoms with Crippen molar-refractivity contribution in [2.45, 2.75) is 44.2 Å². The van der Waals surface area contributed by atoms with Crippen LogP contribution in [0.3, 0.4) is 0 Å². The summed E-state index contributed by atoms with van der Waals surface area (Å²) >= 11 is 0. The molecular formula is C20H27N3O5. The molecule has 4 amide bonds. The number of hydrogen-bond donors (Lipinski definition) is 1. The van der Waals surface area contributed by atoms with Gasteiger partial charge < -0.3 is 19.7 Å². The van der Waals surface area contributed by atoms with Crippen LogP contribution in [-0.2, 0) is 16.1 Å². The number of likely N-dealkylation sites (N-methyl/N-ethyl adjacent to an activating group) is 1. The largest absolute Gasteiger partial charge is 0.493 e. The van der Waals surface area contributed by atoms with Crippen LogP contribution in [0.15, 0.2) is 18.2 Å². The summed E-state index contributed by atoms with van der Waals surface area (Å²) in [5, 5.41) is 2.83. The fourth-order valence-electron chi connectivity index (χ4n) is 3.91. The van der Waals surface area contributed by atoms with Gasteiger partial charge in [0.1, 0.15) is 12.1 Å².